The third kappa shape index (κ3) is 3.23. The highest BCUT2D eigenvalue weighted by Gasteiger charge is 2.27. The topological polar surface area (TPSA) is 59.1 Å². The van der Waals surface area contributed by atoms with Crippen LogP contribution in [0.4, 0.5) is 11.4 Å². The highest BCUT2D eigenvalue weighted by atomic mass is 16.5. The molecule has 0 N–H and O–H groups in total. The number of terminal acetylenes is 1. The predicted octanol–water partition coefficient (Wildman–Crippen LogP) is 2.48. The number of nitrogens with zero attached hydrogens (tertiary/aromatic N) is 2. The average molecular weight is 360 g/mol. The van der Waals surface area contributed by atoms with E-state index < -0.39 is 0 Å². The summed E-state index contributed by atoms with van der Waals surface area (Å²) in [4.78, 5) is 27.0. The Morgan fingerprint density at radius 2 is 1.74 bits per heavy atom. The van der Waals surface area contributed by atoms with E-state index in [9.17, 15) is 9.59 Å². The Morgan fingerprint density at radius 1 is 1.04 bits per heavy atom. The van der Waals surface area contributed by atoms with Gasteiger partial charge in [0.05, 0.1) is 5.69 Å². The second kappa shape index (κ2) is 6.89. The lowest BCUT2D eigenvalue weighted by atomic mass is 10.1. The monoisotopic (exact) mass is 360 g/mol. The maximum Gasteiger partial charge on any atom is 0.258 e. The van der Waals surface area contributed by atoms with E-state index in [2.05, 4.69) is 5.92 Å². The largest absolute Gasteiger partial charge is 0.481 e. The van der Waals surface area contributed by atoms with Crippen LogP contribution in [0.25, 0.3) is 0 Å². The summed E-state index contributed by atoms with van der Waals surface area (Å²) in [5.41, 5.74) is 2.41. The van der Waals surface area contributed by atoms with Crippen LogP contribution in [-0.2, 0) is 16.1 Å². The number of benzene rings is 2. The number of hydrogen-bond acceptors (Lipinski definition) is 5. The van der Waals surface area contributed by atoms with E-state index in [-0.39, 0.29) is 18.4 Å². The lowest BCUT2D eigenvalue weighted by Gasteiger charge is -2.31. The molecule has 0 aromatic heterocycles. The number of anilines is 2. The van der Waals surface area contributed by atoms with Gasteiger partial charge in [-0.1, -0.05) is 5.92 Å². The molecule has 6 heteroatoms. The lowest BCUT2D eigenvalue weighted by molar-refractivity contribution is -0.119. The summed E-state index contributed by atoms with van der Waals surface area (Å²) in [7, 11) is 0. The third-order valence-electron chi connectivity index (χ3n) is 4.37. The first-order valence-corrected chi connectivity index (χ1v) is 8.39. The van der Waals surface area contributed by atoms with Crippen molar-refractivity contribution in [3.05, 3.63) is 60.2 Å². The van der Waals surface area contributed by atoms with Crippen molar-refractivity contribution in [2.24, 2.45) is 0 Å². The van der Waals surface area contributed by atoms with Crippen LogP contribution in [-0.4, -0.2) is 25.2 Å². The van der Waals surface area contributed by atoms with Gasteiger partial charge in [0.2, 0.25) is 0 Å². The van der Waals surface area contributed by atoms with Crippen molar-refractivity contribution in [1.29, 1.82) is 0 Å². The van der Waals surface area contributed by atoms with E-state index in [4.69, 9.17) is 15.9 Å². The van der Waals surface area contributed by atoms with Crippen LogP contribution in [0.15, 0.2) is 54.6 Å². The number of amides is 2. The molecule has 6 nitrogen and oxygen atoms in total. The molecule has 0 saturated heterocycles. The summed E-state index contributed by atoms with van der Waals surface area (Å²) < 4.78 is 11.2. The van der Waals surface area contributed by atoms with Crippen molar-refractivity contribution >= 4 is 23.2 Å². The second-order valence-electron chi connectivity index (χ2n) is 6.10. The van der Waals surface area contributed by atoms with Crippen LogP contribution in [0.5, 0.6) is 11.5 Å². The van der Waals surface area contributed by atoms with E-state index >= 15 is 0 Å². The Bertz CT molecular complexity index is 955. The molecule has 0 spiro atoms. The van der Waals surface area contributed by atoms with Gasteiger partial charge in [-0.3, -0.25) is 9.59 Å². The van der Waals surface area contributed by atoms with Gasteiger partial charge in [-0.25, -0.2) is 4.90 Å². The number of carbonyl (C=O) groups excluding carboxylic acids is 2. The first kappa shape index (κ1) is 16.7. The smallest absolute Gasteiger partial charge is 0.258 e. The molecule has 0 aliphatic carbocycles. The van der Waals surface area contributed by atoms with Gasteiger partial charge >= 0.3 is 0 Å². The van der Waals surface area contributed by atoms with E-state index in [1.165, 1.54) is 12.2 Å². The number of imide groups is 1. The third-order valence-corrected chi connectivity index (χ3v) is 4.37. The minimum Gasteiger partial charge on any atom is -0.481 e. The number of rotatable bonds is 4. The fraction of sp³-hybridized carbons (Fsp3) is 0.143. The molecule has 0 radical (unpaired) electrons. The molecule has 2 aliphatic rings. The first-order valence-electron chi connectivity index (χ1n) is 8.39. The summed E-state index contributed by atoms with van der Waals surface area (Å²) in [6.45, 7) is 1.22. The number of fused-ring (bicyclic) bond motifs is 1. The van der Waals surface area contributed by atoms with Crippen molar-refractivity contribution < 1.29 is 19.1 Å². The van der Waals surface area contributed by atoms with E-state index in [0.717, 1.165) is 21.9 Å². The zero-order valence-corrected chi connectivity index (χ0v) is 14.4. The van der Waals surface area contributed by atoms with Crippen LogP contribution in [0, 0.1) is 12.3 Å². The Kier molecular flexibility index (Phi) is 4.27. The molecule has 0 atom stereocenters. The van der Waals surface area contributed by atoms with E-state index in [1.807, 2.05) is 35.2 Å². The normalized spacial score (nSPS) is 15.4. The summed E-state index contributed by atoms with van der Waals surface area (Å²) in [6.07, 6.45) is 7.74. The highest BCUT2D eigenvalue weighted by Crippen LogP contribution is 2.33. The molecule has 4 rings (SSSR count). The second-order valence-corrected chi connectivity index (χ2v) is 6.10. The van der Waals surface area contributed by atoms with Gasteiger partial charge in [0.25, 0.3) is 11.8 Å². The maximum absolute atomic E-state index is 11.9. The Morgan fingerprint density at radius 3 is 2.44 bits per heavy atom. The van der Waals surface area contributed by atoms with Gasteiger partial charge in [0.1, 0.15) is 18.1 Å². The van der Waals surface area contributed by atoms with Crippen molar-refractivity contribution in [2.75, 3.05) is 23.1 Å². The van der Waals surface area contributed by atoms with Gasteiger partial charge in [0.15, 0.2) is 6.73 Å². The van der Waals surface area contributed by atoms with Crippen LogP contribution in [0.2, 0.25) is 0 Å². The molecule has 0 unspecified atom stereocenters. The molecule has 2 aromatic rings. The van der Waals surface area contributed by atoms with Crippen LogP contribution < -0.4 is 19.3 Å². The lowest BCUT2D eigenvalue weighted by Crippen LogP contribution is -2.33. The standard InChI is InChI=1S/C21H16N2O4/c1-2-11-26-18-6-3-16(4-7-18)22-13-15-12-17(5-8-19(15)27-14-22)23-20(24)9-10-21(23)25/h1,3-10,12H,11,13-14H2. The van der Waals surface area contributed by atoms with E-state index in [0.29, 0.717) is 24.7 Å². The fourth-order valence-electron chi connectivity index (χ4n) is 3.07. The van der Waals surface area contributed by atoms with Crippen LogP contribution in [0.3, 0.4) is 0 Å². The molecule has 2 aliphatic heterocycles. The zero-order valence-electron chi connectivity index (χ0n) is 14.4. The summed E-state index contributed by atoms with van der Waals surface area (Å²) in [5, 5.41) is 0. The zero-order chi connectivity index (χ0) is 18.8. The van der Waals surface area contributed by atoms with Crippen LogP contribution in [0.1, 0.15) is 5.56 Å². The molecule has 2 heterocycles. The minimum atomic E-state index is -0.337. The van der Waals surface area contributed by atoms with Crippen molar-refractivity contribution in [2.45, 2.75) is 6.54 Å². The number of ether oxygens (including phenoxy) is 2. The Labute approximate surface area is 156 Å². The van der Waals surface area contributed by atoms with Gasteiger partial charge in [-0.05, 0) is 42.5 Å². The highest BCUT2D eigenvalue weighted by molar-refractivity contribution is 6.28. The molecular formula is C21H16N2O4. The number of carbonyl (C=O) groups is 2. The van der Waals surface area contributed by atoms with Gasteiger partial charge in [0, 0.05) is 29.9 Å². The molecular weight excluding hydrogens is 344 g/mol. The first-order chi connectivity index (χ1) is 13.2. The molecule has 0 saturated carbocycles. The maximum atomic E-state index is 11.9. The molecule has 134 valence electrons. The molecule has 27 heavy (non-hydrogen) atoms. The minimum absolute atomic E-state index is 0.227. The predicted molar refractivity (Wildman–Crippen MR) is 101 cm³/mol. The molecule has 0 bridgehead atoms. The van der Waals surface area contributed by atoms with Crippen molar-refractivity contribution in [1.82, 2.24) is 0 Å². The molecule has 2 aromatic carbocycles. The fourth-order valence-corrected chi connectivity index (χ4v) is 3.07. The summed E-state index contributed by atoms with van der Waals surface area (Å²) >= 11 is 0. The van der Waals surface area contributed by atoms with Gasteiger partial charge in [-0.15, -0.1) is 6.42 Å². The van der Waals surface area contributed by atoms with Crippen LogP contribution >= 0.6 is 0 Å². The summed E-state index contributed by atoms with van der Waals surface area (Å²) in [6, 6.07) is 12.9. The van der Waals surface area contributed by atoms with Gasteiger partial charge in [-0.2, -0.15) is 0 Å². The van der Waals surface area contributed by atoms with Crippen molar-refractivity contribution in [3.63, 3.8) is 0 Å². The summed E-state index contributed by atoms with van der Waals surface area (Å²) in [5.74, 6) is 3.21. The van der Waals surface area contributed by atoms with Gasteiger partial charge < -0.3 is 14.4 Å². The Hall–Kier alpha value is -3.72. The SMILES string of the molecule is C#CCOc1ccc(N2COc3ccc(N4C(=O)C=CC4=O)cc3C2)cc1. The molecule has 2 amide bonds. The average Bonchev–Trinajstić information content (AvgIpc) is 3.04. The molecule has 0 fully saturated rings. The quantitative estimate of drug-likeness (QED) is 0.619. The number of hydrogen-bond donors (Lipinski definition) is 0. The Balaban J connectivity index is 1.54. The van der Waals surface area contributed by atoms with E-state index in [1.54, 1.807) is 12.1 Å². The van der Waals surface area contributed by atoms with Crippen molar-refractivity contribution in [3.8, 4) is 23.8 Å².